The first-order valence-corrected chi connectivity index (χ1v) is 5.00. The third-order valence-electron chi connectivity index (χ3n) is 2.12. The van der Waals surface area contributed by atoms with Crippen molar-refractivity contribution in [3.63, 3.8) is 0 Å². The molecule has 3 nitrogen and oxygen atoms in total. The van der Waals surface area contributed by atoms with E-state index in [1.165, 1.54) is 25.6 Å². The molecule has 0 saturated heterocycles. The predicted octanol–water partition coefficient (Wildman–Crippen LogP) is 2.95. The Bertz CT molecular complexity index is 568. The number of aromatic nitrogens is 2. The molecule has 0 aliphatic heterocycles. The van der Waals surface area contributed by atoms with E-state index in [4.69, 9.17) is 17.0 Å². The number of methoxy groups -OCH3 is 1. The van der Waals surface area contributed by atoms with Crippen molar-refractivity contribution in [2.75, 3.05) is 7.11 Å². The Morgan fingerprint density at radius 1 is 1.38 bits per heavy atom. The number of nitrogens with zero attached hydrogens (tertiary/aromatic N) is 1. The van der Waals surface area contributed by atoms with Crippen molar-refractivity contribution >= 4 is 12.2 Å². The Morgan fingerprint density at radius 2 is 2.19 bits per heavy atom. The Kier molecular flexibility index (Phi) is 2.96. The molecule has 5 heteroatoms. The van der Waals surface area contributed by atoms with Crippen LogP contribution in [0.1, 0.15) is 0 Å². The summed E-state index contributed by atoms with van der Waals surface area (Å²) < 4.78 is 19.1. The Morgan fingerprint density at radius 3 is 2.81 bits per heavy atom. The molecule has 0 bridgehead atoms. The van der Waals surface area contributed by atoms with E-state index in [0.29, 0.717) is 21.6 Å². The molecule has 1 N–H and O–H groups in total. The molecule has 2 rings (SSSR count). The first-order valence-electron chi connectivity index (χ1n) is 4.59. The third kappa shape index (κ3) is 2.09. The van der Waals surface area contributed by atoms with Gasteiger partial charge in [0.2, 0.25) is 0 Å². The van der Waals surface area contributed by atoms with Gasteiger partial charge < -0.3 is 9.72 Å². The van der Waals surface area contributed by atoms with Gasteiger partial charge in [-0.25, -0.2) is 4.39 Å². The van der Waals surface area contributed by atoms with Crippen molar-refractivity contribution in [1.82, 2.24) is 9.97 Å². The van der Waals surface area contributed by atoms with E-state index in [1.54, 1.807) is 12.1 Å². The van der Waals surface area contributed by atoms with E-state index >= 15 is 0 Å². The highest BCUT2D eigenvalue weighted by molar-refractivity contribution is 7.71. The lowest BCUT2D eigenvalue weighted by molar-refractivity contribution is 0.411. The second-order valence-corrected chi connectivity index (χ2v) is 3.60. The second-order valence-electron chi connectivity index (χ2n) is 3.16. The van der Waals surface area contributed by atoms with E-state index < -0.39 is 0 Å². The second kappa shape index (κ2) is 4.40. The van der Waals surface area contributed by atoms with Crippen molar-refractivity contribution in [3.05, 3.63) is 41.1 Å². The fraction of sp³-hybridized carbons (Fsp3) is 0.0909. The van der Waals surface area contributed by atoms with Crippen LogP contribution < -0.4 is 4.74 Å². The highest BCUT2D eigenvalue weighted by Gasteiger charge is 2.06. The first kappa shape index (κ1) is 10.8. The summed E-state index contributed by atoms with van der Waals surface area (Å²) in [6.45, 7) is 0. The van der Waals surface area contributed by atoms with E-state index in [1.807, 2.05) is 0 Å². The van der Waals surface area contributed by atoms with Crippen LogP contribution in [-0.4, -0.2) is 17.1 Å². The number of aromatic amines is 1. The van der Waals surface area contributed by atoms with Crippen LogP contribution in [0.3, 0.4) is 0 Å². The largest absolute Gasteiger partial charge is 0.497 e. The van der Waals surface area contributed by atoms with Gasteiger partial charge >= 0.3 is 0 Å². The number of benzene rings is 1. The lowest BCUT2D eigenvalue weighted by Crippen LogP contribution is -1.91. The maximum absolute atomic E-state index is 13.7. The van der Waals surface area contributed by atoms with Crippen molar-refractivity contribution in [2.45, 2.75) is 0 Å². The molecule has 2 aromatic rings. The maximum Gasteiger partial charge on any atom is 0.136 e. The van der Waals surface area contributed by atoms with Gasteiger partial charge in [0.15, 0.2) is 0 Å². The molecule has 0 aliphatic carbocycles. The summed E-state index contributed by atoms with van der Waals surface area (Å²) in [6, 6.07) is 4.62. The SMILES string of the molecule is COc1ccc(-c2cncc(=S)[nH]2)c(F)c1. The van der Waals surface area contributed by atoms with Crippen LogP contribution in [0.15, 0.2) is 30.6 Å². The van der Waals surface area contributed by atoms with E-state index in [9.17, 15) is 4.39 Å². The Hall–Kier alpha value is -1.75. The molecular formula is C11H9FN2OS. The lowest BCUT2D eigenvalue weighted by Gasteiger charge is -2.05. The predicted molar refractivity (Wildman–Crippen MR) is 61.4 cm³/mol. The van der Waals surface area contributed by atoms with Crippen LogP contribution in [0.5, 0.6) is 5.75 Å². The summed E-state index contributed by atoms with van der Waals surface area (Å²) in [5.41, 5.74) is 0.965. The average molecular weight is 236 g/mol. The van der Waals surface area contributed by atoms with Crippen molar-refractivity contribution < 1.29 is 9.13 Å². The van der Waals surface area contributed by atoms with Crippen LogP contribution in [-0.2, 0) is 0 Å². The monoisotopic (exact) mass is 236 g/mol. The van der Waals surface area contributed by atoms with Gasteiger partial charge in [0.05, 0.1) is 25.2 Å². The summed E-state index contributed by atoms with van der Waals surface area (Å²) in [4.78, 5) is 6.78. The number of rotatable bonds is 2. The minimum Gasteiger partial charge on any atom is -0.497 e. The summed E-state index contributed by atoms with van der Waals surface area (Å²) in [5.74, 6) is 0.0988. The molecule has 0 atom stereocenters. The zero-order chi connectivity index (χ0) is 11.5. The number of hydrogen-bond donors (Lipinski definition) is 1. The van der Waals surface area contributed by atoms with E-state index in [2.05, 4.69) is 9.97 Å². The van der Waals surface area contributed by atoms with Gasteiger partial charge in [-0.15, -0.1) is 0 Å². The number of ether oxygens (including phenoxy) is 1. The number of nitrogens with one attached hydrogen (secondary N) is 1. The smallest absolute Gasteiger partial charge is 0.136 e. The fourth-order valence-corrected chi connectivity index (χ4v) is 1.53. The molecule has 1 aromatic heterocycles. The van der Waals surface area contributed by atoms with Crippen LogP contribution in [0.4, 0.5) is 4.39 Å². The van der Waals surface area contributed by atoms with Crippen LogP contribution in [0.25, 0.3) is 11.3 Å². The molecule has 0 spiro atoms. The van der Waals surface area contributed by atoms with Crippen LogP contribution in [0, 0.1) is 10.5 Å². The normalized spacial score (nSPS) is 10.1. The standard InChI is InChI=1S/C11H9FN2OS/c1-15-7-2-3-8(9(12)4-7)10-5-13-6-11(16)14-10/h2-6H,1H3,(H,14,16). The highest BCUT2D eigenvalue weighted by atomic mass is 32.1. The zero-order valence-electron chi connectivity index (χ0n) is 8.53. The summed E-state index contributed by atoms with van der Waals surface area (Å²) >= 11 is 4.93. The third-order valence-corrected chi connectivity index (χ3v) is 2.33. The summed E-state index contributed by atoms with van der Waals surface area (Å²) in [7, 11) is 1.49. The van der Waals surface area contributed by atoms with Gasteiger partial charge in [-0.2, -0.15) is 0 Å². The molecule has 1 heterocycles. The molecule has 0 saturated carbocycles. The molecule has 0 unspecified atom stereocenters. The summed E-state index contributed by atoms with van der Waals surface area (Å²) in [5, 5.41) is 0. The van der Waals surface area contributed by atoms with Crippen molar-refractivity contribution in [1.29, 1.82) is 0 Å². The molecular weight excluding hydrogens is 227 g/mol. The maximum atomic E-state index is 13.7. The van der Waals surface area contributed by atoms with Gasteiger partial charge in [0.1, 0.15) is 16.2 Å². The zero-order valence-corrected chi connectivity index (χ0v) is 9.34. The van der Waals surface area contributed by atoms with Gasteiger partial charge in [0.25, 0.3) is 0 Å². The Labute approximate surface area is 96.9 Å². The first-order chi connectivity index (χ1) is 7.70. The van der Waals surface area contributed by atoms with Gasteiger partial charge in [0, 0.05) is 11.6 Å². The van der Waals surface area contributed by atoms with Crippen LogP contribution in [0.2, 0.25) is 0 Å². The molecule has 82 valence electrons. The Balaban J connectivity index is 2.52. The molecule has 0 aliphatic rings. The van der Waals surface area contributed by atoms with Gasteiger partial charge in [-0.05, 0) is 12.1 Å². The molecule has 0 radical (unpaired) electrons. The van der Waals surface area contributed by atoms with Crippen LogP contribution >= 0.6 is 12.2 Å². The average Bonchev–Trinajstić information content (AvgIpc) is 2.28. The highest BCUT2D eigenvalue weighted by Crippen LogP contribution is 2.23. The molecule has 0 fully saturated rings. The molecule has 16 heavy (non-hydrogen) atoms. The van der Waals surface area contributed by atoms with Gasteiger partial charge in [-0.1, -0.05) is 12.2 Å². The number of halogens is 1. The number of hydrogen-bond acceptors (Lipinski definition) is 3. The van der Waals surface area contributed by atoms with Crippen molar-refractivity contribution in [3.8, 4) is 17.0 Å². The topological polar surface area (TPSA) is 37.9 Å². The molecule has 1 aromatic carbocycles. The quantitative estimate of drug-likeness (QED) is 0.815. The van der Waals surface area contributed by atoms with E-state index in [-0.39, 0.29) is 5.82 Å². The lowest BCUT2D eigenvalue weighted by atomic mass is 10.1. The minimum atomic E-state index is -0.377. The fourth-order valence-electron chi connectivity index (χ4n) is 1.35. The van der Waals surface area contributed by atoms with Gasteiger partial charge in [-0.3, -0.25) is 4.98 Å². The van der Waals surface area contributed by atoms with Crippen molar-refractivity contribution in [2.24, 2.45) is 0 Å². The molecule has 0 amide bonds. The number of H-pyrrole nitrogens is 1. The van der Waals surface area contributed by atoms with E-state index in [0.717, 1.165) is 0 Å². The minimum absolute atomic E-state index is 0.377. The summed E-state index contributed by atoms with van der Waals surface area (Å²) in [6.07, 6.45) is 3.03.